The minimum atomic E-state index is 0.160. The van der Waals surface area contributed by atoms with E-state index in [-0.39, 0.29) is 5.78 Å². The molecule has 1 N–H and O–H groups in total. The largest absolute Gasteiger partial charge is 0.359 e. The number of Topliss-reactive ketones (excluding diaryl/α,β-unsaturated/α-hetero) is 1. The van der Waals surface area contributed by atoms with Crippen molar-refractivity contribution in [1.82, 2.24) is 14.9 Å². The molecule has 0 bridgehead atoms. The predicted molar refractivity (Wildman–Crippen MR) is 75.9 cm³/mol. The molecule has 3 heterocycles. The summed E-state index contributed by atoms with van der Waals surface area (Å²) in [6.07, 6.45) is 3.62. The van der Waals surface area contributed by atoms with Gasteiger partial charge in [0.15, 0.2) is 10.9 Å². The van der Waals surface area contributed by atoms with E-state index in [9.17, 15) is 4.79 Å². The van der Waals surface area contributed by atoms with Crippen molar-refractivity contribution in [3.8, 4) is 0 Å². The van der Waals surface area contributed by atoms with Crippen LogP contribution in [0.25, 0.3) is 0 Å². The van der Waals surface area contributed by atoms with Crippen molar-refractivity contribution in [2.24, 2.45) is 0 Å². The van der Waals surface area contributed by atoms with Crippen molar-refractivity contribution >= 4 is 22.3 Å². The number of nitrogens with zero attached hydrogens (tertiary/aromatic N) is 3. The second kappa shape index (κ2) is 5.54. The van der Waals surface area contributed by atoms with Crippen molar-refractivity contribution in [3.05, 3.63) is 35.6 Å². The molecule has 2 aromatic rings. The average molecular weight is 276 g/mol. The third kappa shape index (κ3) is 2.85. The molecule has 0 amide bonds. The van der Waals surface area contributed by atoms with Gasteiger partial charge in [-0.15, -0.1) is 11.3 Å². The van der Waals surface area contributed by atoms with Crippen LogP contribution in [0, 0.1) is 0 Å². The summed E-state index contributed by atoms with van der Waals surface area (Å²) >= 11 is 1.67. The Morgan fingerprint density at radius 3 is 2.84 bits per heavy atom. The Bertz CT molecular complexity index is 515. The van der Waals surface area contributed by atoms with Gasteiger partial charge < -0.3 is 9.88 Å². The molecule has 0 atom stereocenters. The van der Waals surface area contributed by atoms with Crippen LogP contribution in [0.5, 0.6) is 0 Å². The van der Waals surface area contributed by atoms with Crippen LogP contribution in [0.15, 0.2) is 29.9 Å². The molecule has 0 aromatic carbocycles. The lowest BCUT2D eigenvalue weighted by atomic mass is 10.2. The summed E-state index contributed by atoms with van der Waals surface area (Å²) in [6.45, 7) is 4.18. The van der Waals surface area contributed by atoms with Crippen LogP contribution in [0.1, 0.15) is 10.5 Å². The number of nitrogens with one attached hydrogen (secondary N) is 1. The summed E-state index contributed by atoms with van der Waals surface area (Å²) in [7, 11) is 0. The molecule has 0 unspecified atom stereocenters. The molecule has 6 heteroatoms. The predicted octanol–water partition coefficient (Wildman–Crippen LogP) is 1.48. The van der Waals surface area contributed by atoms with E-state index in [0.29, 0.717) is 12.2 Å². The highest BCUT2D eigenvalue weighted by Gasteiger charge is 2.20. The molecule has 1 aliphatic heterocycles. The van der Waals surface area contributed by atoms with E-state index in [1.165, 1.54) is 0 Å². The standard InChI is InChI=1S/C13H16N4OS/c18-12(11-2-1-3-14-11)10-16-5-7-17(8-6-16)13-15-4-9-19-13/h1-4,9,14H,5-8,10H2. The highest BCUT2D eigenvalue weighted by molar-refractivity contribution is 7.13. The van der Waals surface area contributed by atoms with E-state index in [1.807, 2.05) is 23.7 Å². The Hall–Kier alpha value is -1.66. The number of hydrogen-bond acceptors (Lipinski definition) is 5. The molecule has 5 nitrogen and oxygen atoms in total. The quantitative estimate of drug-likeness (QED) is 0.859. The lowest BCUT2D eigenvalue weighted by molar-refractivity contribution is 0.0922. The molecule has 1 aliphatic rings. The van der Waals surface area contributed by atoms with E-state index in [4.69, 9.17) is 0 Å². The van der Waals surface area contributed by atoms with Crippen molar-refractivity contribution in [2.45, 2.75) is 0 Å². The van der Waals surface area contributed by atoms with Crippen LogP contribution < -0.4 is 4.90 Å². The van der Waals surface area contributed by atoms with E-state index < -0.39 is 0 Å². The number of carbonyl (C=O) groups is 1. The molecule has 0 spiro atoms. The number of aromatic nitrogens is 2. The summed E-state index contributed by atoms with van der Waals surface area (Å²) in [6, 6.07) is 3.68. The average Bonchev–Trinajstić information content (AvgIpc) is 3.13. The highest BCUT2D eigenvalue weighted by atomic mass is 32.1. The van der Waals surface area contributed by atoms with Gasteiger partial charge in [0, 0.05) is 44.0 Å². The molecule has 2 aromatic heterocycles. The maximum atomic E-state index is 12.0. The fourth-order valence-corrected chi connectivity index (χ4v) is 2.96. The Labute approximate surface area is 115 Å². The third-order valence-corrected chi connectivity index (χ3v) is 4.16. The number of aromatic amines is 1. The molecule has 1 fully saturated rings. The summed E-state index contributed by atoms with van der Waals surface area (Å²) < 4.78 is 0. The Morgan fingerprint density at radius 1 is 1.37 bits per heavy atom. The monoisotopic (exact) mass is 276 g/mol. The fourth-order valence-electron chi connectivity index (χ4n) is 2.26. The number of ketones is 1. The molecule has 100 valence electrons. The van der Waals surface area contributed by atoms with Crippen LogP contribution in [0.3, 0.4) is 0 Å². The molecule has 19 heavy (non-hydrogen) atoms. The molecule has 0 aliphatic carbocycles. The first-order chi connectivity index (χ1) is 9.33. The van der Waals surface area contributed by atoms with Crippen molar-refractivity contribution < 1.29 is 4.79 Å². The maximum absolute atomic E-state index is 12.0. The first-order valence-corrected chi connectivity index (χ1v) is 7.24. The third-order valence-electron chi connectivity index (χ3n) is 3.33. The second-order valence-electron chi connectivity index (χ2n) is 4.58. The fraction of sp³-hybridized carbons (Fsp3) is 0.385. The lowest BCUT2D eigenvalue weighted by Crippen LogP contribution is -2.48. The minimum absolute atomic E-state index is 0.160. The SMILES string of the molecule is O=C(CN1CCN(c2nccs2)CC1)c1ccc[nH]1. The van der Waals surface area contributed by atoms with Crippen LogP contribution >= 0.6 is 11.3 Å². The Kier molecular flexibility index (Phi) is 3.61. The lowest BCUT2D eigenvalue weighted by Gasteiger charge is -2.34. The van der Waals surface area contributed by atoms with Crippen molar-refractivity contribution in [3.63, 3.8) is 0 Å². The second-order valence-corrected chi connectivity index (χ2v) is 5.46. The molecule has 0 saturated carbocycles. The van der Waals surface area contributed by atoms with Gasteiger partial charge in [0.2, 0.25) is 0 Å². The molecule has 1 saturated heterocycles. The van der Waals surface area contributed by atoms with Gasteiger partial charge in [-0.05, 0) is 12.1 Å². The van der Waals surface area contributed by atoms with E-state index in [0.717, 1.165) is 31.3 Å². The zero-order chi connectivity index (χ0) is 13.1. The summed E-state index contributed by atoms with van der Waals surface area (Å²) in [5, 5.41) is 3.08. The van der Waals surface area contributed by atoms with Gasteiger partial charge in [0.05, 0.1) is 12.2 Å². The van der Waals surface area contributed by atoms with E-state index in [1.54, 1.807) is 17.5 Å². The molecular weight excluding hydrogens is 260 g/mol. The van der Waals surface area contributed by atoms with Gasteiger partial charge in [-0.25, -0.2) is 4.98 Å². The highest BCUT2D eigenvalue weighted by Crippen LogP contribution is 2.18. The van der Waals surface area contributed by atoms with Crippen molar-refractivity contribution in [1.29, 1.82) is 0 Å². The molecular formula is C13H16N4OS. The molecule has 3 rings (SSSR count). The number of hydrogen-bond donors (Lipinski definition) is 1. The Balaban J connectivity index is 1.52. The van der Waals surface area contributed by atoms with Crippen molar-refractivity contribution in [2.75, 3.05) is 37.6 Å². The summed E-state index contributed by atoms with van der Waals surface area (Å²) in [5.74, 6) is 0.160. The summed E-state index contributed by atoms with van der Waals surface area (Å²) in [5.41, 5.74) is 0.697. The van der Waals surface area contributed by atoms with E-state index >= 15 is 0 Å². The van der Waals surface area contributed by atoms with Gasteiger partial charge in [-0.3, -0.25) is 9.69 Å². The zero-order valence-corrected chi connectivity index (χ0v) is 11.4. The first-order valence-electron chi connectivity index (χ1n) is 6.36. The van der Waals surface area contributed by atoms with Gasteiger partial charge >= 0.3 is 0 Å². The number of H-pyrrole nitrogens is 1. The minimum Gasteiger partial charge on any atom is -0.359 e. The molecule has 0 radical (unpaired) electrons. The number of piperazine rings is 1. The van der Waals surface area contributed by atoms with Crippen LogP contribution in [0.4, 0.5) is 5.13 Å². The van der Waals surface area contributed by atoms with Gasteiger partial charge in [-0.2, -0.15) is 0 Å². The summed E-state index contributed by atoms with van der Waals surface area (Å²) in [4.78, 5) is 23.8. The van der Waals surface area contributed by atoms with Crippen LogP contribution in [0.2, 0.25) is 0 Å². The Morgan fingerprint density at radius 2 is 2.21 bits per heavy atom. The smallest absolute Gasteiger partial charge is 0.192 e. The normalized spacial score (nSPS) is 16.7. The van der Waals surface area contributed by atoms with E-state index in [2.05, 4.69) is 19.8 Å². The van der Waals surface area contributed by atoms with Crippen LogP contribution in [-0.4, -0.2) is 53.4 Å². The number of anilines is 1. The van der Waals surface area contributed by atoms with Gasteiger partial charge in [0.25, 0.3) is 0 Å². The number of carbonyl (C=O) groups excluding carboxylic acids is 1. The number of thiazole rings is 1. The topological polar surface area (TPSA) is 52.2 Å². The first kappa shape index (κ1) is 12.4. The number of rotatable bonds is 4. The zero-order valence-electron chi connectivity index (χ0n) is 10.6. The van der Waals surface area contributed by atoms with Gasteiger partial charge in [-0.1, -0.05) is 0 Å². The van der Waals surface area contributed by atoms with Crippen LogP contribution in [-0.2, 0) is 0 Å². The van der Waals surface area contributed by atoms with Gasteiger partial charge in [0.1, 0.15) is 0 Å². The maximum Gasteiger partial charge on any atom is 0.192 e.